The van der Waals surface area contributed by atoms with Crippen LogP contribution in [-0.4, -0.2) is 10.1 Å². The second-order valence-electron chi connectivity index (χ2n) is 3.47. The summed E-state index contributed by atoms with van der Waals surface area (Å²) < 4.78 is 5.01. The number of para-hydroxylation sites is 1. The van der Waals surface area contributed by atoms with Crippen LogP contribution in [0.4, 0.5) is 5.69 Å². The van der Waals surface area contributed by atoms with Crippen molar-refractivity contribution in [3.8, 4) is 11.1 Å². The summed E-state index contributed by atoms with van der Waals surface area (Å²) in [5.74, 6) is 0.590. The van der Waals surface area contributed by atoms with Crippen molar-refractivity contribution >= 4 is 5.69 Å². The second-order valence-corrected chi connectivity index (χ2v) is 3.47. The van der Waals surface area contributed by atoms with Crippen molar-refractivity contribution in [3.05, 3.63) is 45.8 Å². The van der Waals surface area contributed by atoms with Gasteiger partial charge in [-0.2, -0.15) is 0 Å². The highest BCUT2D eigenvalue weighted by atomic mass is 16.6. The highest BCUT2D eigenvalue weighted by molar-refractivity contribution is 5.76. The molecule has 2 aromatic rings. The molecule has 2 rings (SSSR count). The van der Waals surface area contributed by atoms with Gasteiger partial charge in [-0.3, -0.25) is 10.1 Å². The van der Waals surface area contributed by atoms with Crippen molar-refractivity contribution in [1.29, 1.82) is 0 Å². The Kier molecular flexibility index (Phi) is 2.44. The van der Waals surface area contributed by atoms with Crippen LogP contribution in [-0.2, 0) is 0 Å². The lowest BCUT2D eigenvalue weighted by atomic mass is 10.0. The molecule has 0 saturated carbocycles. The standard InChI is InChI=1S/C11H10N2O3/c1-7-11(8(2)16-12-7)9-5-3-4-6-10(9)13(14)15/h3-6H,1-2H3. The average Bonchev–Trinajstić information content (AvgIpc) is 2.58. The Morgan fingerprint density at radius 2 is 2.00 bits per heavy atom. The number of hydrogen-bond acceptors (Lipinski definition) is 4. The van der Waals surface area contributed by atoms with Crippen LogP contribution in [0.2, 0.25) is 0 Å². The number of benzene rings is 1. The molecule has 1 aromatic carbocycles. The first-order valence-corrected chi connectivity index (χ1v) is 4.78. The Morgan fingerprint density at radius 1 is 1.31 bits per heavy atom. The molecule has 0 radical (unpaired) electrons. The maximum Gasteiger partial charge on any atom is 0.277 e. The molecule has 5 heteroatoms. The smallest absolute Gasteiger partial charge is 0.277 e. The third-order valence-electron chi connectivity index (χ3n) is 2.40. The summed E-state index contributed by atoms with van der Waals surface area (Å²) in [7, 11) is 0. The van der Waals surface area contributed by atoms with E-state index in [1.54, 1.807) is 32.0 Å². The van der Waals surface area contributed by atoms with E-state index in [0.717, 1.165) is 0 Å². The molecule has 0 spiro atoms. The summed E-state index contributed by atoms with van der Waals surface area (Å²) >= 11 is 0. The highest BCUT2D eigenvalue weighted by Crippen LogP contribution is 2.33. The molecule has 0 N–H and O–H groups in total. The fourth-order valence-corrected chi connectivity index (χ4v) is 1.71. The van der Waals surface area contributed by atoms with E-state index < -0.39 is 4.92 Å². The highest BCUT2D eigenvalue weighted by Gasteiger charge is 2.20. The molecule has 0 fully saturated rings. The second kappa shape index (κ2) is 3.77. The van der Waals surface area contributed by atoms with E-state index in [4.69, 9.17) is 4.52 Å². The van der Waals surface area contributed by atoms with Crippen molar-refractivity contribution < 1.29 is 9.45 Å². The van der Waals surface area contributed by atoms with Crippen LogP contribution >= 0.6 is 0 Å². The molecule has 1 heterocycles. The molecule has 16 heavy (non-hydrogen) atoms. The Hall–Kier alpha value is -2.17. The number of nitro benzene ring substituents is 1. The van der Waals surface area contributed by atoms with E-state index in [1.165, 1.54) is 6.07 Å². The Bertz CT molecular complexity index is 526. The van der Waals surface area contributed by atoms with Gasteiger partial charge in [-0.1, -0.05) is 17.3 Å². The van der Waals surface area contributed by atoms with Crippen LogP contribution in [0.25, 0.3) is 11.1 Å². The fourth-order valence-electron chi connectivity index (χ4n) is 1.71. The van der Waals surface area contributed by atoms with Crippen molar-refractivity contribution in [3.63, 3.8) is 0 Å². The van der Waals surface area contributed by atoms with E-state index in [1.807, 2.05) is 0 Å². The summed E-state index contributed by atoms with van der Waals surface area (Å²) in [5, 5.41) is 14.7. The zero-order valence-corrected chi connectivity index (χ0v) is 8.93. The first kappa shape index (κ1) is 10.4. The summed E-state index contributed by atoms with van der Waals surface area (Å²) in [4.78, 5) is 10.5. The van der Waals surface area contributed by atoms with Crippen LogP contribution in [0.5, 0.6) is 0 Å². The molecule has 0 aliphatic rings. The van der Waals surface area contributed by atoms with E-state index in [2.05, 4.69) is 5.16 Å². The number of rotatable bonds is 2. The van der Waals surface area contributed by atoms with E-state index in [-0.39, 0.29) is 5.69 Å². The first-order valence-electron chi connectivity index (χ1n) is 4.78. The van der Waals surface area contributed by atoms with Gasteiger partial charge >= 0.3 is 0 Å². The number of nitrogens with zero attached hydrogens (tertiary/aromatic N) is 2. The third-order valence-corrected chi connectivity index (χ3v) is 2.40. The van der Waals surface area contributed by atoms with Crippen LogP contribution in [0.1, 0.15) is 11.5 Å². The minimum atomic E-state index is -0.402. The molecule has 5 nitrogen and oxygen atoms in total. The molecule has 0 bridgehead atoms. The quantitative estimate of drug-likeness (QED) is 0.574. The van der Waals surface area contributed by atoms with Gasteiger partial charge in [-0.05, 0) is 19.9 Å². The number of aryl methyl sites for hydroxylation is 2. The SMILES string of the molecule is Cc1noc(C)c1-c1ccccc1[N+](=O)[O-]. The van der Waals surface area contributed by atoms with E-state index >= 15 is 0 Å². The van der Waals surface area contributed by atoms with Gasteiger partial charge in [-0.15, -0.1) is 0 Å². The van der Waals surface area contributed by atoms with Gasteiger partial charge in [0.05, 0.1) is 21.7 Å². The molecule has 82 valence electrons. The van der Waals surface area contributed by atoms with Gasteiger partial charge < -0.3 is 4.52 Å². The Balaban J connectivity index is 2.69. The van der Waals surface area contributed by atoms with Crippen LogP contribution < -0.4 is 0 Å². The normalized spacial score (nSPS) is 10.4. The topological polar surface area (TPSA) is 69.2 Å². The van der Waals surface area contributed by atoms with Crippen molar-refractivity contribution in [2.45, 2.75) is 13.8 Å². The summed E-state index contributed by atoms with van der Waals surface area (Å²) in [5.41, 5.74) is 1.97. The third kappa shape index (κ3) is 1.56. The van der Waals surface area contributed by atoms with E-state index in [0.29, 0.717) is 22.6 Å². The van der Waals surface area contributed by atoms with Crippen LogP contribution in [0.3, 0.4) is 0 Å². The lowest BCUT2D eigenvalue weighted by molar-refractivity contribution is -0.384. The largest absolute Gasteiger partial charge is 0.361 e. The maximum absolute atomic E-state index is 10.9. The molecule has 0 aliphatic heterocycles. The van der Waals surface area contributed by atoms with Gasteiger partial charge in [0.25, 0.3) is 5.69 Å². The number of aromatic nitrogens is 1. The number of hydrogen-bond donors (Lipinski definition) is 0. The molecular weight excluding hydrogens is 208 g/mol. The zero-order chi connectivity index (χ0) is 11.7. The maximum atomic E-state index is 10.9. The van der Waals surface area contributed by atoms with Gasteiger partial charge in [0, 0.05) is 6.07 Å². The van der Waals surface area contributed by atoms with E-state index in [9.17, 15) is 10.1 Å². The van der Waals surface area contributed by atoms with Gasteiger partial charge in [-0.25, -0.2) is 0 Å². The summed E-state index contributed by atoms with van der Waals surface area (Å²) in [6.45, 7) is 3.51. The predicted molar refractivity (Wildman–Crippen MR) is 58.1 cm³/mol. The minimum Gasteiger partial charge on any atom is -0.361 e. The van der Waals surface area contributed by atoms with Crippen LogP contribution in [0, 0.1) is 24.0 Å². The molecule has 1 aromatic heterocycles. The summed E-state index contributed by atoms with van der Waals surface area (Å²) in [6.07, 6.45) is 0. The van der Waals surface area contributed by atoms with Crippen LogP contribution in [0.15, 0.2) is 28.8 Å². The predicted octanol–water partition coefficient (Wildman–Crippen LogP) is 2.87. The van der Waals surface area contributed by atoms with Gasteiger partial charge in [0.1, 0.15) is 5.76 Å². The minimum absolute atomic E-state index is 0.0666. The van der Waals surface area contributed by atoms with Gasteiger partial charge in [0.15, 0.2) is 0 Å². The molecular formula is C11H10N2O3. The average molecular weight is 218 g/mol. The Morgan fingerprint density at radius 3 is 2.56 bits per heavy atom. The Labute approximate surface area is 91.8 Å². The fraction of sp³-hybridized carbons (Fsp3) is 0.182. The van der Waals surface area contributed by atoms with Gasteiger partial charge in [0.2, 0.25) is 0 Å². The monoisotopic (exact) mass is 218 g/mol. The molecule has 0 aliphatic carbocycles. The number of nitro groups is 1. The zero-order valence-electron chi connectivity index (χ0n) is 8.93. The lowest BCUT2D eigenvalue weighted by Gasteiger charge is -2.01. The lowest BCUT2D eigenvalue weighted by Crippen LogP contribution is -1.92. The molecule has 0 amide bonds. The summed E-state index contributed by atoms with van der Waals surface area (Å²) in [6, 6.07) is 6.57. The molecule has 0 unspecified atom stereocenters. The van der Waals surface area contributed by atoms with Crippen molar-refractivity contribution in [1.82, 2.24) is 5.16 Å². The molecule has 0 atom stereocenters. The van der Waals surface area contributed by atoms with Crippen molar-refractivity contribution in [2.75, 3.05) is 0 Å². The first-order chi connectivity index (χ1) is 7.61. The van der Waals surface area contributed by atoms with Crippen molar-refractivity contribution in [2.24, 2.45) is 0 Å². The molecule has 0 saturated heterocycles.